The molecule has 5 unspecified atom stereocenters. The predicted octanol–water partition coefficient (Wildman–Crippen LogP) is 5.32. The van der Waals surface area contributed by atoms with Crippen LogP contribution in [0.15, 0.2) is 0 Å². The Balaban J connectivity index is 0.000000166. The number of hydrogen-bond acceptors (Lipinski definition) is 9. The van der Waals surface area contributed by atoms with Crippen LogP contribution in [0.2, 0.25) is 0 Å². The van der Waals surface area contributed by atoms with E-state index >= 15 is 0 Å². The molecule has 0 aromatic heterocycles. The summed E-state index contributed by atoms with van der Waals surface area (Å²) in [5.74, 6) is 1.29. The maximum Gasteiger partial charge on any atom is 0.350 e. The van der Waals surface area contributed by atoms with Crippen molar-refractivity contribution in [2.45, 2.75) is 149 Å². The minimum atomic E-state index is -1.07. The van der Waals surface area contributed by atoms with Crippen molar-refractivity contribution in [1.29, 1.82) is 0 Å². The van der Waals surface area contributed by atoms with Gasteiger partial charge in [-0.15, -0.1) is 0 Å². The van der Waals surface area contributed by atoms with Gasteiger partial charge in [-0.05, 0) is 117 Å². The zero-order chi connectivity index (χ0) is 30.1. The molecule has 9 heteroatoms. The lowest BCUT2D eigenvalue weighted by molar-refractivity contribution is -0.217. The molecule has 3 saturated heterocycles. The van der Waals surface area contributed by atoms with Crippen molar-refractivity contribution < 1.29 is 42.8 Å². The molecule has 0 N–H and O–H groups in total. The first kappa shape index (κ1) is 30.7. The normalized spacial score (nSPS) is 41.7. The summed E-state index contributed by atoms with van der Waals surface area (Å²) in [6, 6.07) is 0. The summed E-state index contributed by atoms with van der Waals surface area (Å²) in [6.07, 6.45) is 4.61. The zero-order valence-corrected chi connectivity index (χ0v) is 26.3. The number of hydrogen-bond donors (Lipinski definition) is 0. The highest BCUT2D eigenvalue weighted by atomic mass is 16.9. The second-order valence-corrected chi connectivity index (χ2v) is 15.1. The van der Waals surface area contributed by atoms with Gasteiger partial charge in [0.1, 0.15) is 11.7 Å². The molecule has 0 aromatic carbocycles. The van der Waals surface area contributed by atoms with Gasteiger partial charge in [0, 0.05) is 0 Å². The number of rotatable bonds is 6. The first-order valence-electron chi connectivity index (χ1n) is 15.7. The smallest absolute Gasteiger partial charge is 0.350 e. The van der Waals surface area contributed by atoms with Gasteiger partial charge in [-0.2, -0.15) is 0 Å². The van der Waals surface area contributed by atoms with Crippen molar-refractivity contribution >= 4 is 17.9 Å². The summed E-state index contributed by atoms with van der Waals surface area (Å²) < 4.78 is 33.8. The van der Waals surface area contributed by atoms with Gasteiger partial charge < -0.3 is 28.4 Å². The second kappa shape index (κ2) is 10.5. The lowest BCUT2D eigenvalue weighted by atomic mass is 9.50. The van der Waals surface area contributed by atoms with E-state index < -0.39 is 53.8 Å². The standard InChI is InChI=1S/C17H28O2.C15H22O7/c1-5-16(2,3)15(18)19-17(4)13-7-11-6-12(9-13)10-14(17)8-11;1-6-14(2,3)13(17)20-9-7-8(18-11(9)16)10-12(19-7)22-15(4,5)21-10/h11-14H,5-10H2,1-4H3;7-10,12H,6H2,1-5H3. The monoisotopic (exact) mass is 578 g/mol. The first-order valence-corrected chi connectivity index (χ1v) is 15.7. The molecule has 3 aliphatic heterocycles. The van der Waals surface area contributed by atoms with E-state index in [2.05, 4.69) is 13.8 Å². The van der Waals surface area contributed by atoms with E-state index in [4.69, 9.17) is 28.4 Å². The largest absolute Gasteiger partial charge is 0.458 e. The van der Waals surface area contributed by atoms with Gasteiger partial charge in [0.05, 0.1) is 10.8 Å². The Morgan fingerprint density at radius 3 is 1.88 bits per heavy atom. The van der Waals surface area contributed by atoms with E-state index in [-0.39, 0.29) is 17.0 Å². The predicted molar refractivity (Wildman–Crippen MR) is 148 cm³/mol. The molecule has 5 atom stereocenters. The van der Waals surface area contributed by atoms with Gasteiger partial charge in [-0.25, -0.2) is 4.79 Å². The van der Waals surface area contributed by atoms with Gasteiger partial charge in [0.25, 0.3) is 0 Å². The molecule has 4 aliphatic carbocycles. The van der Waals surface area contributed by atoms with Crippen LogP contribution in [0.3, 0.4) is 0 Å². The molecule has 7 fully saturated rings. The zero-order valence-electron chi connectivity index (χ0n) is 26.3. The van der Waals surface area contributed by atoms with Crippen LogP contribution in [0.1, 0.15) is 107 Å². The third-order valence-corrected chi connectivity index (χ3v) is 11.0. The number of carbonyl (C=O) groups excluding carboxylic acids is 3. The molecular weight excluding hydrogens is 528 g/mol. The number of fused-ring (bicyclic) bond motifs is 3. The Morgan fingerprint density at radius 1 is 0.805 bits per heavy atom. The van der Waals surface area contributed by atoms with E-state index in [9.17, 15) is 14.4 Å². The van der Waals surface area contributed by atoms with Crippen LogP contribution in [-0.4, -0.2) is 60.0 Å². The van der Waals surface area contributed by atoms with Gasteiger partial charge in [0.2, 0.25) is 6.10 Å². The molecule has 0 amide bonds. The van der Waals surface area contributed by atoms with Gasteiger partial charge in [-0.1, -0.05) is 13.8 Å². The summed E-state index contributed by atoms with van der Waals surface area (Å²) in [5.41, 5.74) is -1.17. The van der Waals surface area contributed by atoms with E-state index in [1.165, 1.54) is 32.1 Å². The van der Waals surface area contributed by atoms with Gasteiger partial charge in [0.15, 0.2) is 24.3 Å². The topological polar surface area (TPSA) is 107 Å². The average Bonchev–Trinajstić information content (AvgIpc) is 3.48. The van der Waals surface area contributed by atoms with Crippen molar-refractivity contribution in [3.05, 3.63) is 0 Å². The SMILES string of the molecule is CCC(C)(C)C(=O)OC1(C)C2CC3CC(C2)CC1C3.CCC(C)(C)C(=O)OC1C(=O)OC2C3OC(C)(C)OC3OC12. The minimum Gasteiger partial charge on any atom is -0.458 e. The van der Waals surface area contributed by atoms with Crippen molar-refractivity contribution in [2.75, 3.05) is 0 Å². The molecule has 0 spiro atoms. The Morgan fingerprint density at radius 2 is 1.34 bits per heavy atom. The molecular formula is C32H50O9. The highest BCUT2D eigenvalue weighted by Crippen LogP contribution is 2.59. The molecule has 7 rings (SSSR count). The first-order chi connectivity index (χ1) is 19.0. The molecule has 9 nitrogen and oxygen atoms in total. The van der Waals surface area contributed by atoms with Crippen molar-refractivity contribution in [2.24, 2.45) is 34.5 Å². The van der Waals surface area contributed by atoms with Crippen molar-refractivity contribution in [3.8, 4) is 0 Å². The maximum absolute atomic E-state index is 12.5. The molecule has 7 aliphatic rings. The maximum atomic E-state index is 12.5. The summed E-state index contributed by atoms with van der Waals surface area (Å²) in [6.45, 7) is 17.3. The minimum absolute atomic E-state index is 0.0185. The van der Waals surface area contributed by atoms with E-state index in [1.54, 1.807) is 27.7 Å². The van der Waals surface area contributed by atoms with Crippen LogP contribution >= 0.6 is 0 Å². The highest BCUT2D eigenvalue weighted by Gasteiger charge is 2.64. The lowest BCUT2D eigenvalue weighted by Gasteiger charge is -2.59. The summed E-state index contributed by atoms with van der Waals surface area (Å²) in [4.78, 5) is 36.7. The Bertz CT molecular complexity index is 1020. The Kier molecular flexibility index (Phi) is 7.85. The number of carbonyl (C=O) groups is 3. The van der Waals surface area contributed by atoms with Crippen LogP contribution in [-0.2, 0) is 42.8 Å². The molecule has 3 heterocycles. The molecule has 4 bridgehead atoms. The van der Waals surface area contributed by atoms with E-state index in [1.807, 2.05) is 20.8 Å². The number of esters is 3. The van der Waals surface area contributed by atoms with Crippen molar-refractivity contribution in [3.63, 3.8) is 0 Å². The second-order valence-electron chi connectivity index (χ2n) is 15.1. The Hall–Kier alpha value is -1.71. The third-order valence-electron chi connectivity index (χ3n) is 11.0. The number of ether oxygens (including phenoxy) is 6. The highest BCUT2D eigenvalue weighted by molar-refractivity contribution is 5.84. The van der Waals surface area contributed by atoms with E-state index in [0.717, 1.165) is 18.3 Å². The molecule has 0 radical (unpaired) electrons. The van der Waals surface area contributed by atoms with Crippen LogP contribution < -0.4 is 0 Å². The fourth-order valence-electron chi connectivity index (χ4n) is 7.52. The summed E-state index contributed by atoms with van der Waals surface area (Å²) in [5, 5.41) is 0. The van der Waals surface area contributed by atoms with Gasteiger partial charge in [-0.3, -0.25) is 9.59 Å². The summed E-state index contributed by atoms with van der Waals surface area (Å²) in [7, 11) is 0. The third kappa shape index (κ3) is 5.55. The van der Waals surface area contributed by atoms with E-state index in [0.29, 0.717) is 18.3 Å². The van der Waals surface area contributed by atoms with Crippen LogP contribution in [0.4, 0.5) is 0 Å². The molecule has 232 valence electrons. The van der Waals surface area contributed by atoms with Crippen LogP contribution in [0.25, 0.3) is 0 Å². The van der Waals surface area contributed by atoms with Gasteiger partial charge >= 0.3 is 17.9 Å². The summed E-state index contributed by atoms with van der Waals surface area (Å²) >= 11 is 0. The quantitative estimate of drug-likeness (QED) is 0.306. The molecule has 0 aromatic rings. The average molecular weight is 579 g/mol. The lowest BCUT2D eigenvalue weighted by Crippen LogP contribution is -2.58. The van der Waals surface area contributed by atoms with Crippen molar-refractivity contribution in [1.82, 2.24) is 0 Å². The fraction of sp³-hybridized carbons (Fsp3) is 0.906. The molecule has 41 heavy (non-hydrogen) atoms. The Labute approximate surface area is 244 Å². The fourth-order valence-corrected chi connectivity index (χ4v) is 7.52. The van der Waals surface area contributed by atoms with Crippen LogP contribution in [0, 0.1) is 34.5 Å². The molecule has 4 saturated carbocycles. The van der Waals surface area contributed by atoms with Crippen LogP contribution in [0.5, 0.6) is 0 Å².